The van der Waals surface area contributed by atoms with E-state index in [2.05, 4.69) is 20.4 Å². The number of nitrogens with one attached hydrogen (secondary N) is 2. The molecule has 0 saturated carbocycles. The van der Waals surface area contributed by atoms with Crippen LogP contribution in [0.5, 0.6) is 0 Å². The van der Waals surface area contributed by atoms with Gasteiger partial charge in [-0.15, -0.1) is 0 Å². The van der Waals surface area contributed by atoms with Crippen LogP contribution in [0.25, 0.3) is 22.3 Å². The number of H-pyrrole nitrogens is 1. The molecule has 0 unspecified atom stereocenters. The van der Waals surface area contributed by atoms with Crippen molar-refractivity contribution >= 4 is 16.8 Å². The average molecular weight is 332 g/mol. The van der Waals surface area contributed by atoms with Gasteiger partial charge >= 0.3 is 11.8 Å². The molecule has 2 N–H and O–H groups in total. The Balaban J connectivity index is 1.42. The van der Waals surface area contributed by atoms with E-state index in [-0.39, 0.29) is 11.8 Å². The minimum atomic E-state index is -0.365. The molecule has 0 saturated heterocycles. The van der Waals surface area contributed by atoms with E-state index in [9.17, 15) is 4.79 Å². The molecule has 0 bridgehead atoms. The van der Waals surface area contributed by atoms with Crippen molar-refractivity contribution < 1.29 is 9.32 Å². The molecule has 124 valence electrons. The van der Waals surface area contributed by atoms with E-state index in [4.69, 9.17) is 4.52 Å². The molecule has 2 heterocycles. The lowest BCUT2D eigenvalue weighted by atomic mass is 10.1. The SMILES string of the molecule is O=C(NCCc1ccccc1)c1nc(-c2ccc3cc[nH]c3c2)no1. The number of carbonyl (C=O) groups is 1. The Kier molecular flexibility index (Phi) is 4.00. The Bertz CT molecular complexity index is 1000. The van der Waals surface area contributed by atoms with Crippen LogP contribution < -0.4 is 5.32 Å². The zero-order valence-corrected chi connectivity index (χ0v) is 13.4. The normalized spacial score (nSPS) is 10.9. The first-order valence-corrected chi connectivity index (χ1v) is 8.03. The van der Waals surface area contributed by atoms with Crippen molar-refractivity contribution in [3.8, 4) is 11.4 Å². The van der Waals surface area contributed by atoms with Gasteiger partial charge in [0.15, 0.2) is 0 Å². The van der Waals surface area contributed by atoms with Crippen LogP contribution in [-0.2, 0) is 6.42 Å². The minimum Gasteiger partial charge on any atom is -0.361 e. The highest BCUT2D eigenvalue weighted by atomic mass is 16.5. The van der Waals surface area contributed by atoms with E-state index in [0.717, 1.165) is 28.5 Å². The van der Waals surface area contributed by atoms with Crippen LogP contribution in [0.2, 0.25) is 0 Å². The van der Waals surface area contributed by atoms with E-state index < -0.39 is 0 Å². The monoisotopic (exact) mass is 332 g/mol. The first kappa shape index (κ1) is 15.1. The van der Waals surface area contributed by atoms with Gasteiger partial charge in [0, 0.05) is 23.8 Å². The van der Waals surface area contributed by atoms with Gasteiger partial charge in [-0.25, -0.2) is 0 Å². The lowest BCUT2D eigenvalue weighted by molar-refractivity contribution is 0.0910. The highest BCUT2D eigenvalue weighted by Gasteiger charge is 2.16. The summed E-state index contributed by atoms with van der Waals surface area (Å²) in [6, 6.07) is 17.7. The van der Waals surface area contributed by atoms with Crippen molar-refractivity contribution in [2.75, 3.05) is 6.54 Å². The second kappa shape index (κ2) is 6.60. The summed E-state index contributed by atoms with van der Waals surface area (Å²) in [5, 5.41) is 7.80. The second-order valence-corrected chi connectivity index (χ2v) is 5.69. The maximum absolute atomic E-state index is 12.1. The quantitative estimate of drug-likeness (QED) is 0.588. The lowest BCUT2D eigenvalue weighted by Crippen LogP contribution is -2.25. The molecular formula is C19H16N4O2. The Morgan fingerprint density at radius 1 is 1.12 bits per heavy atom. The van der Waals surface area contributed by atoms with Crippen molar-refractivity contribution in [2.45, 2.75) is 6.42 Å². The van der Waals surface area contributed by atoms with E-state index in [1.807, 2.05) is 60.8 Å². The fraction of sp³-hybridized carbons (Fsp3) is 0.105. The smallest absolute Gasteiger partial charge is 0.316 e. The molecule has 0 radical (unpaired) electrons. The zero-order valence-electron chi connectivity index (χ0n) is 13.4. The molecule has 25 heavy (non-hydrogen) atoms. The van der Waals surface area contributed by atoms with Crippen LogP contribution in [0, 0.1) is 0 Å². The van der Waals surface area contributed by atoms with Gasteiger partial charge in [0.1, 0.15) is 0 Å². The number of hydrogen-bond donors (Lipinski definition) is 2. The Morgan fingerprint density at radius 3 is 2.88 bits per heavy atom. The van der Waals surface area contributed by atoms with Gasteiger partial charge in [-0.05, 0) is 29.5 Å². The number of nitrogens with zero attached hydrogens (tertiary/aromatic N) is 2. The molecule has 6 nitrogen and oxygen atoms in total. The van der Waals surface area contributed by atoms with Crippen molar-refractivity contribution in [3.05, 3.63) is 72.2 Å². The molecule has 0 atom stereocenters. The van der Waals surface area contributed by atoms with E-state index in [1.54, 1.807) is 0 Å². The maximum Gasteiger partial charge on any atom is 0.316 e. The number of aromatic amines is 1. The fourth-order valence-electron chi connectivity index (χ4n) is 2.66. The molecule has 0 fully saturated rings. The Morgan fingerprint density at radius 2 is 2.00 bits per heavy atom. The predicted octanol–water partition coefficient (Wildman–Crippen LogP) is 3.19. The van der Waals surface area contributed by atoms with Crippen molar-refractivity contribution in [2.24, 2.45) is 0 Å². The van der Waals surface area contributed by atoms with Gasteiger partial charge in [-0.2, -0.15) is 4.98 Å². The van der Waals surface area contributed by atoms with Crippen LogP contribution in [0.4, 0.5) is 0 Å². The van der Waals surface area contributed by atoms with Gasteiger partial charge in [-0.3, -0.25) is 4.79 Å². The van der Waals surface area contributed by atoms with E-state index >= 15 is 0 Å². The summed E-state index contributed by atoms with van der Waals surface area (Å²) in [5.74, 6) is -0.00464. The number of fused-ring (bicyclic) bond motifs is 1. The molecule has 2 aromatic heterocycles. The number of amides is 1. The third-order valence-corrected chi connectivity index (χ3v) is 3.98. The summed E-state index contributed by atoms with van der Waals surface area (Å²) in [6.45, 7) is 0.509. The number of rotatable bonds is 5. The Hall–Kier alpha value is -3.41. The van der Waals surface area contributed by atoms with Crippen LogP contribution >= 0.6 is 0 Å². The fourth-order valence-corrected chi connectivity index (χ4v) is 2.66. The molecule has 4 aromatic rings. The van der Waals surface area contributed by atoms with Crippen molar-refractivity contribution in [1.29, 1.82) is 0 Å². The summed E-state index contributed by atoms with van der Waals surface area (Å²) in [7, 11) is 0. The number of carbonyl (C=O) groups excluding carboxylic acids is 1. The van der Waals surface area contributed by atoms with Gasteiger partial charge in [0.2, 0.25) is 5.82 Å². The van der Waals surface area contributed by atoms with Crippen LogP contribution in [0.15, 0.2) is 65.3 Å². The van der Waals surface area contributed by atoms with Gasteiger partial charge in [0.05, 0.1) is 0 Å². The molecule has 0 aliphatic heterocycles. The maximum atomic E-state index is 12.1. The molecule has 6 heteroatoms. The van der Waals surface area contributed by atoms with Gasteiger partial charge < -0.3 is 14.8 Å². The van der Waals surface area contributed by atoms with Crippen LogP contribution in [0.1, 0.15) is 16.2 Å². The third kappa shape index (κ3) is 3.28. The summed E-state index contributed by atoms with van der Waals surface area (Å²) in [6.07, 6.45) is 2.62. The molecule has 4 rings (SSSR count). The summed E-state index contributed by atoms with van der Waals surface area (Å²) in [4.78, 5) is 19.5. The Labute approximate surface area is 143 Å². The largest absolute Gasteiger partial charge is 0.361 e. The highest BCUT2D eigenvalue weighted by Crippen LogP contribution is 2.21. The molecule has 0 spiro atoms. The molecule has 1 amide bonds. The first-order chi connectivity index (χ1) is 12.3. The van der Waals surface area contributed by atoms with Crippen LogP contribution in [-0.4, -0.2) is 27.6 Å². The lowest BCUT2D eigenvalue weighted by Gasteiger charge is -2.02. The van der Waals surface area contributed by atoms with Gasteiger partial charge in [0.25, 0.3) is 0 Å². The molecule has 2 aromatic carbocycles. The van der Waals surface area contributed by atoms with Crippen molar-refractivity contribution in [3.63, 3.8) is 0 Å². The van der Waals surface area contributed by atoms with Crippen LogP contribution in [0.3, 0.4) is 0 Å². The molecular weight excluding hydrogens is 316 g/mol. The summed E-state index contributed by atoms with van der Waals surface area (Å²) in [5.41, 5.74) is 2.94. The van der Waals surface area contributed by atoms with E-state index in [0.29, 0.717) is 12.4 Å². The third-order valence-electron chi connectivity index (χ3n) is 3.98. The summed E-state index contributed by atoms with van der Waals surface area (Å²) < 4.78 is 5.09. The highest BCUT2D eigenvalue weighted by molar-refractivity contribution is 5.90. The first-order valence-electron chi connectivity index (χ1n) is 8.03. The minimum absolute atomic E-state index is 0.0327. The predicted molar refractivity (Wildman–Crippen MR) is 94.1 cm³/mol. The number of aromatic nitrogens is 3. The standard InChI is InChI=1S/C19H16N4O2/c24-18(21-10-8-13-4-2-1-3-5-13)19-22-17(23-25-19)15-7-6-14-9-11-20-16(14)12-15/h1-7,9,11-12,20H,8,10H2,(H,21,24). The molecule has 0 aliphatic rings. The molecule has 0 aliphatic carbocycles. The topological polar surface area (TPSA) is 83.8 Å². The van der Waals surface area contributed by atoms with E-state index in [1.165, 1.54) is 0 Å². The average Bonchev–Trinajstić information content (AvgIpc) is 3.31. The second-order valence-electron chi connectivity index (χ2n) is 5.69. The summed E-state index contributed by atoms with van der Waals surface area (Å²) >= 11 is 0. The number of benzene rings is 2. The van der Waals surface area contributed by atoms with Gasteiger partial charge in [-0.1, -0.05) is 47.6 Å². The van der Waals surface area contributed by atoms with Crippen molar-refractivity contribution in [1.82, 2.24) is 20.4 Å². The zero-order chi connectivity index (χ0) is 17.1. The number of hydrogen-bond acceptors (Lipinski definition) is 4.